The summed E-state index contributed by atoms with van der Waals surface area (Å²) >= 11 is 0. The summed E-state index contributed by atoms with van der Waals surface area (Å²) in [5.74, 6) is 0.374. The molecule has 0 fully saturated rings. The summed E-state index contributed by atoms with van der Waals surface area (Å²) < 4.78 is 37.0. The molecule has 0 unspecified atom stereocenters. The lowest BCUT2D eigenvalue weighted by Crippen LogP contribution is -2.28. The van der Waals surface area contributed by atoms with Crippen molar-refractivity contribution in [2.24, 2.45) is 0 Å². The van der Waals surface area contributed by atoms with Gasteiger partial charge in [0.05, 0.1) is 61.5 Å². The van der Waals surface area contributed by atoms with Crippen molar-refractivity contribution in [1.82, 2.24) is 20.6 Å². The molecule has 6 N–H and O–H groups in total. The van der Waals surface area contributed by atoms with Crippen molar-refractivity contribution in [1.29, 1.82) is 10.5 Å². The second kappa shape index (κ2) is 26.1. The van der Waals surface area contributed by atoms with Gasteiger partial charge in [0.25, 0.3) is 0 Å². The van der Waals surface area contributed by atoms with E-state index in [-0.39, 0.29) is 52.6 Å². The van der Waals surface area contributed by atoms with Crippen LogP contribution in [0.4, 0.5) is 0 Å². The number of nitrogens with zero attached hydrogens (tertiary/aromatic N) is 4. The molecule has 2 heterocycles. The summed E-state index contributed by atoms with van der Waals surface area (Å²) in [7, 11) is 3.03. The highest BCUT2D eigenvalue weighted by Gasteiger charge is 2.20. The zero-order chi connectivity index (χ0) is 51.6. The standard InChI is InChI=1S/C54H56N6O12/c1-33-39(31-69-43-15-49(67-3)47(27-59-25-41(61)13-53(63)64)51(17-43)71-29-37-11-35(19-55)21-57-23-37)7-5-9-45(33)46-10-6-8-40(34(46)2)32-70-44-16-50(68-4)48(28-60-26-42(62)14-54(65)66)52(18-44)72-30-38-12-36(20-56)22-58-24-38/h5-12,15-18,21-24,41-42,59-62H,13-14,25-32H2,1-4H3,(H,63,64)(H,65,66)/t41-,42-/m0/s1. The molecular formula is C54H56N6O12. The van der Waals surface area contributed by atoms with E-state index < -0.39 is 37.0 Å². The molecule has 0 spiro atoms. The molecule has 4 aromatic carbocycles. The predicted molar refractivity (Wildman–Crippen MR) is 263 cm³/mol. The molecule has 0 bridgehead atoms. The molecule has 0 aliphatic carbocycles. The van der Waals surface area contributed by atoms with Gasteiger partial charge in [0.15, 0.2) is 0 Å². The summed E-state index contributed by atoms with van der Waals surface area (Å²) in [6.45, 7) is 4.98. The maximum Gasteiger partial charge on any atom is 0.306 e. The maximum absolute atomic E-state index is 11.1. The third-order valence-electron chi connectivity index (χ3n) is 11.5. The molecule has 18 nitrogen and oxygen atoms in total. The lowest BCUT2D eigenvalue weighted by atomic mass is 9.92. The summed E-state index contributed by atoms with van der Waals surface area (Å²) in [5, 5.41) is 63.5. The van der Waals surface area contributed by atoms with E-state index in [1.165, 1.54) is 26.6 Å². The van der Waals surface area contributed by atoms with Crippen LogP contribution in [0.15, 0.2) is 97.6 Å². The highest BCUT2D eigenvalue weighted by molar-refractivity contribution is 5.73. The van der Waals surface area contributed by atoms with Crippen molar-refractivity contribution in [3.8, 4) is 57.8 Å². The molecule has 6 aromatic rings. The van der Waals surface area contributed by atoms with E-state index in [1.54, 1.807) is 48.8 Å². The average molecular weight is 981 g/mol. The number of carbonyl (C=O) groups is 2. The number of aliphatic hydroxyl groups excluding tert-OH is 2. The highest BCUT2D eigenvalue weighted by Crippen LogP contribution is 2.38. The number of pyridine rings is 2. The molecule has 0 amide bonds. The molecule has 2 aromatic heterocycles. The Morgan fingerprint density at radius 2 is 0.986 bits per heavy atom. The topological polar surface area (TPSA) is 268 Å². The fraction of sp³-hybridized carbons (Fsp3) is 0.296. The van der Waals surface area contributed by atoms with Gasteiger partial charge in [-0.15, -0.1) is 0 Å². The number of aromatic nitrogens is 2. The first kappa shape index (κ1) is 53.1. The smallest absolute Gasteiger partial charge is 0.306 e. The Balaban J connectivity index is 1.20. The van der Waals surface area contributed by atoms with Crippen molar-refractivity contribution in [2.45, 2.75) is 78.4 Å². The van der Waals surface area contributed by atoms with Gasteiger partial charge >= 0.3 is 11.9 Å². The van der Waals surface area contributed by atoms with Crippen molar-refractivity contribution in [2.75, 3.05) is 27.3 Å². The van der Waals surface area contributed by atoms with E-state index in [9.17, 15) is 30.3 Å². The summed E-state index contributed by atoms with van der Waals surface area (Å²) in [6, 6.07) is 26.5. The third kappa shape index (κ3) is 14.9. The second-order valence-electron chi connectivity index (χ2n) is 16.7. The minimum Gasteiger partial charge on any atom is -0.496 e. The fourth-order valence-electron chi connectivity index (χ4n) is 7.77. The van der Waals surface area contributed by atoms with E-state index in [2.05, 4.69) is 44.9 Å². The fourth-order valence-corrected chi connectivity index (χ4v) is 7.77. The van der Waals surface area contributed by atoms with Crippen LogP contribution in [0.25, 0.3) is 11.1 Å². The Labute approximate surface area is 417 Å². The summed E-state index contributed by atoms with van der Waals surface area (Å²) in [6.07, 6.45) is 3.08. The van der Waals surface area contributed by atoms with E-state index in [4.69, 9.17) is 38.6 Å². The zero-order valence-electron chi connectivity index (χ0n) is 40.3. The largest absolute Gasteiger partial charge is 0.496 e. The van der Waals surface area contributed by atoms with Gasteiger partial charge in [0, 0.05) is 86.4 Å². The molecule has 0 aliphatic heterocycles. The number of carboxylic acid groups (broad SMARTS) is 2. The van der Waals surface area contributed by atoms with Gasteiger partial charge in [0.2, 0.25) is 0 Å². The number of nitrogens with one attached hydrogen (secondary N) is 2. The first-order chi connectivity index (χ1) is 34.8. The zero-order valence-corrected chi connectivity index (χ0v) is 40.3. The summed E-state index contributed by atoms with van der Waals surface area (Å²) in [4.78, 5) is 30.5. The van der Waals surface area contributed by atoms with Crippen LogP contribution in [0, 0.1) is 36.5 Å². The van der Waals surface area contributed by atoms with Crippen molar-refractivity contribution >= 4 is 11.9 Å². The number of rotatable bonds is 27. The minimum atomic E-state index is -1.11. The number of ether oxygens (including phenoxy) is 6. The normalized spacial score (nSPS) is 11.7. The molecule has 18 heteroatoms. The van der Waals surface area contributed by atoms with Crippen LogP contribution in [0.5, 0.6) is 34.5 Å². The first-order valence-corrected chi connectivity index (χ1v) is 22.8. The van der Waals surface area contributed by atoms with E-state index in [0.29, 0.717) is 67.9 Å². The summed E-state index contributed by atoms with van der Waals surface area (Å²) in [5.41, 5.74) is 9.14. The van der Waals surface area contributed by atoms with Crippen LogP contribution in [0.2, 0.25) is 0 Å². The maximum atomic E-state index is 11.1. The predicted octanol–water partition coefficient (Wildman–Crippen LogP) is 6.69. The molecule has 0 radical (unpaired) electrons. The molecule has 0 saturated carbocycles. The Morgan fingerprint density at radius 1 is 0.583 bits per heavy atom. The molecule has 72 heavy (non-hydrogen) atoms. The first-order valence-electron chi connectivity index (χ1n) is 22.8. The van der Waals surface area contributed by atoms with Gasteiger partial charge in [-0.2, -0.15) is 10.5 Å². The number of hydrogen-bond donors (Lipinski definition) is 6. The van der Waals surface area contributed by atoms with Gasteiger partial charge in [0.1, 0.15) is 73.1 Å². The lowest BCUT2D eigenvalue weighted by molar-refractivity contribution is -0.140. The van der Waals surface area contributed by atoms with Crippen LogP contribution >= 0.6 is 0 Å². The van der Waals surface area contributed by atoms with Crippen molar-refractivity contribution in [3.63, 3.8) is 0 Å². The van der Waals surface area contributed by atoms with Crippen LogP contribution in [0.1, 0.15) is 68.5 Å². The SMILES string of the molecule is COc1cc(OCc2cccc(-c3cccc(COc4cc(OC)c(CNC[C@@H](O)CC(=O)O)c(OCc5cncc(C#N)c5)c4)c3C)c2C)cc(OCc2cncc(C#N)c2)c1CNC[C@@H](O)CC(=O)O. The van der Waals surface area contributed by atoms with Gasteiger partial charge in [-0.3, -0.25) is 19.6 Å². The van der Waals surface area contributed by atoms with Crippen LogP contribution in [-0.2, 0) is 49.1 Å². The van der Waals surface area contributed by atoms with Crippen LogP contribution in [0.3, 0.4) is 0 Å². The van der Waals surface area contributed by atoms with Crippen LogP contribution < -0.4 is 39.1 Å². The molecule has 0 saturated heterocycles. The Kier molecular flexibility index (Phi) is 19.2. The Bertz CT molecular complexity index is 2740. The molecule has 2 atom stereocenters. The molecule has 0 aliphatic rings. The van der Waals surface area contributed by atoms with Crippen molar-refractivity contribution < 1.29 is 58.4 Å². The minimum absolute atomic E-state index is 0.0128. The van der Waals surface area contributed by atoms with Gasteiger partial charge in [-0.05, 0) is 59.4 Å². The van der Waals surface area contributed by atoms with Gasteiger partial charge < -0.3 is 59.5 Å². The van der Waals surface area contributed by atoms with E-state index in [1.807, 2.05) is 38.1 Å². The molecular weight excluding hydrogens is 925 g/mol. The van der Waals surface area contributed by atoms with Gasteiger partial charge in [-0.1, -0.05) is 36.4 Å². The number of benzene rings is 4. The number of aliphatic carboxylic acids is 2. The Morgan fingerprint density at radius 3 is 1.36 bits per heavy atom. The van der Waals surface area contributed by atoms with E-state index in [0.717, 1.165) is 33.4 Å². The van der Waals surface area contributed by atoms with Gasteiger partial charge in [-0.25, -0.2) is 0 Å². The second-order valence-corrected chi connectivity index (χ2v) is 16.7. The number of aliphatic hydroxyl groups is 2. The van der Waals surface area contributed by atoms with E-state index >= 15 is 0 Å². The monoisotopic (exact) mass is 980 g/mol. The number of hydrogen-bond acceptors (Lipinski definition) is 16. The van der Waals surface area contributed by atoms with Crippen molar-refractivity contribution in [3.05, 3.63) is 153 Å². The average Bonchev–Trinajstić information content (AvgIpc) is 3.37. The quantitative estimate of drug-likeness (QED) is 0.0314. The van der Waals surface area contributed by atoms with Crippen LogP contribution in [-0.4, -0.2) is 81.8 Å². The Hall–Kier alpha value is -8.26. The third-order valence-corrected chi connectivity index (χ3v) is 11.5. The number of carboxylic acids is 2. The molecule has 6 rings (SSSR count). The lowest BCUT2D eigenvalue weighted by Gasteiger charge is -2.20. The number of methoxy groups -OCH3 is 2. The number of nitriles is 2. The molecule has 374 valence electrons. The highest BCUT2D eigenvalue weighted by atomic mass is 16.5.